The van der Waals surface area contributed by atoms with Crippen LogP contribution in [0.15, 0.2) is 88.6 Å². The molecule has 0 spiro atoms. The Hall–Kier alpha value is -3.36. The topological polar surface area (TPSA) is 73.4 Å². The first kappa shape index (κ1) is 22.4. The lowest BCUT2D eigenvalue weighted by molar-refractivity contribution is -0.142. The molecule has 0 bridgehead atoms. The van der Waals surface area contributed by atoms with E-state index in [1.54, 1.807) is 6.26 Å². The van der Waals surface area contributed by atoms with E-state index in [1.807, 2.05) is 77.1 Å². The van der Waals surface area contributed by atoms with Crippen molar-refractivity contribution in [1.82, 2.24) is 19.7 Å². The third-order valence-corrected chi connectivity index (χ3v) is 6.70. The summed E-state index contributed by atoms with van der Waals surface area (Å²) in [6.45, 7) is 3.72. The van der Waals surface area contributed by atoms with Crippen LogP contribution in [0.2, 0.25) is 0 Å². The molecule has 0 radical (unpaired) electrons. The van der Waals surface area contributed by atoms with E-state index in [-0.39, 0.29) is 23.9 Å². The van der Waals surface area contributed by atoms with E-state index in [1.165, 1.54) is 11.8 Å². The van der Waals surface area contributed by atoms with Crippen LogP contribution in [0.5, 0.6) is 0 Å². The second-order valence-corrected chi connectivity index (χ2v) is 9.23. The van der Waals surface area contributed by atoms with Gasteiger partial charge in [-0.1, -0.05) is 72.4 Å². The van der Waals surface area contributed by atoms with Crippen LogP contribution in [0.25, 0.3) is 11.6 Å². The SMILES string of the molecule is CC1CN(C(=O)CSc2nnc(-c3ccco3)n2Cc2ccccc2)CC(c2ccccc2)O1. The molecular formula is C26H26N4O3S. The number of rotatable bonds is 7. The van der Waals surface area contributed by atoms with Crippen LogP contribution in [0.1, 0.15) is 24.2 Å². The molecule has 1 aliphatic rings. The molecule has 4 aromatic rings. The van der Waals surface area contributed by atoms with Crippen molar-refractivity contribution in [2.75, 3.05) is 18.8 Å². The number of aromatic nitrogens is 3. The van der Waals surface area contributed by atoms with E-state index in [2.05, 4.69) is 22.3 Å². The Labute approximate surface area is 202 Å². The normalized spacial score (nSPS) is 18.2. The molecule has 1 saturated heterocycles. The van der Waals surface area contributed by atoms with Crippen molar-refractivity contribution in [2.24, 2.45) is 0 Å². The Balaban J connectivity index is 1.31. The van der Waals surface area contributed by atoms with Crippen LogP contribution in [-0.2, 0) is 16.1 Å². The predicted molar refractivity (Wildman–Crippen MR) is 130 cm³/mol. The van der Waals surface area contributed by atoms with Crippen LogP contribution in [0.4, 0.5) is 0 Å². The molecule has 1 aliphatic heterocycles. The van der Waals surface area contributed by atoms with Crippen LogP contribution >= 0.6 is 11.8 Å². The molecular weight excluding hydrogens is 448 g/mol. The molecule has 2 aromatic heterocycles. The molecule has 8 heteroatoms. The van der Waals surface area contributed by atoms with Gasteiger partial charge in [0.05, 0.1) is 31.2 Å². The van der Waals surface area contributed by atoms with Gasteiger partial charge in [0.15, 0.2) is 10.9 Å². The summed E-state index contributed by atoms with van der Waals surface area (Å²) in [6, 6.07) is 23.9. The highest BCUT2D eigenvalue weighted by Gasteiger charge is 2.29. The van der Waals surface area contributed by atoms with Crippen molar-refractivity contribution in [3.63, 3.8) is 0 Å². The first-order chi connectivity index (χ1) is 16.7. The molecule has 3 heterocycles. The highest BCUT2D eigenvalue weighted by molar-refractivity contribution is 7.99. The van der Waals surface area contributed by atoms with Gasteiger partial charge in [0.1, 0.15) is 6.10 Å². The molecule has 5 rings (SSSR count). The van der Waals surface area contributed by atoms with E-state index in [4.69, 9.17) is 9.15 Å². The smallest absolute Gasteiger partial charge is 0.233 e. The van der Waals surface area contributed by atoms with Gasteiger partial charge in [0, 0.05) is 6.54 Å². The number of morpholine rings is 1. The standard InChI is InChI=1S/C26H26N4O3S/c1-19-15-29(17-23(33-19)21-11-6-3-7-12-21)24(31)18-34-26-28-27-25(22-13-8-14-32-22)30(26)16-20-9-4-2-5-10-20/h2-14,19,23H,15-18H2,1H3. The highest BCUT2D eigenvalue weighted by Crippen LogP contribution is 2.28. The van der Waals surface area contributed by atoms with Gasteiger partial charge in [-0.2, -0.15) is 0 Å². The maximum absolute atomic E-state index is 13.2. The number of hydrogen-bond acceptors (Lipinski definition) is 6. The minimum atomic E-state index is -0.119. The maximum atomic E-state index is 13.2. The Kier molecular flexibility index (Phi) is 6.78. The van der Waals surface area contributed by atoms with Crippen LogP contribution in [0.3, 0.4) is 0 Å². The zero-order valence-electron chi connectivity index (χ0n) is 18.9. The zero-order chi connectivity index (χ0) is 23.3. The lowest BCUT2D eigenvalue weighted by Crippen LogP contribution is -2.46. The van der Waals surface area contributed by atoms with Crippen LogP contribution in [-0.4, -0.2) is 50.5 Å². The fourth-order valence-electron chi connectivity index (χ4n) is 4.12. The third kappa shape index (κ3) is 5.08. The molecule has 0 saturated carbocycles. The molecule has 2 aromatic carbocycles. The molecule has 2 atom stereocenters. The van der Waals surface area contributed by atoms with Crippen molar-refractivity contribution in [1.29, 1.82) is 0 Å². The van der Waals surface area contributed by atoms with Gasteiger partial charge in [-0.15, -0.1) is 10.2 Å². The monoisotopic (exact) mass is 474 g/mol. The average Bonchev–Trinajstić information content (AvgIpc) is 3.53. The molecule has 0 N–H and O–H groups in total. The molecule has 174 valence electrons. The Morgan fingerprint density at radius 2 is 1.76 bits per heavy atom. The second-order valence-electron chi connectivity index (χ2n) is 8.29. The maximum Gasteiger partial charge on any atom is 0.233 e. The van der Waals surface area contributed by atoms with Crippen molar-refractivity contribution < 1.29 is 13.9 Å². The number of furan rings is 1. The molecule has 34 heavy (non-hydrogen) atoms. The minimum Gasteiger partial charge on any atom is -0.461 e. The summed E-state index contributed by atoms with van der Waals surface area (Å²) in [5, 5.41) is 9.43. The quantitative estimate of drug-likeness (QED) is 0.363. The fraction of sp³-hybridized carbons (Fsp3) is 0.269. The summed E-state index contributed by atoms with van der Waals surface area (Å²) in [7, 11) is 0. The summed E-state index contributed by atoms with van der Waals surface area (Å²) < 4.78 is 13.7. The van der Waals surface area contributed by atoms with Crippen LogP contribution in [0, 0.1) is 0 Å². The first-order valence-corrected chi connectivity index (χ1v) is 12.3. The van der Waals surface area contributed by atoms with Gasteiger partial charge in [-0.25, -0.2) is 0 Å². The van der Waals surface area contributed by atoms with E-state index in [0.29, 0.717) is 36.4 Å². The van der Waals surface area contributed by atoms with Gasteiger partial charge in [-0.05, 0) is 30.2 Å². The largest absolute Gasteiger partial charge is 0.461 e. The van der Waals surface area contributed by atoms with Gasteiger partial charge >= 0.3 is 0 Å². The summed E-state index contributed by atoms with van der Waals surface area (Å²) >= 11 is 1.40. The molecule has 0 aliphatic carbocycles. The van der Waals surface area contributed by atoms with Crippen molar-refractivity contribution in [3.8, 4) is 11.6 Å². The molecule has 7 nitrogen and oxygen atoms in total. The number of benzene rings is 2. The van der Waals surface area contributed by atoms with E-state index in [0.717, 1.165) is 11.1 Å². The molecule has 1 fully saturated rings. The first-order valence-electron chi connectivity index (χ1n) is 11.3. The molecule has 1 amide bonds. The zero-order valence-corrected chi connectivity index (χ0v) is 19.7. The summed E-state index contributed by atoms with van der Waals surface area (Å²) in [4.78, 5) is 15.1. The van der Waals surface area contributed by atoms with E-state index >= 15 is 0 Å². The van der Waals surface area contributed by atoms with Gasteiger partial charge in [-0.3, -0.25) is 9.36 Å². The number of carbonyl (C=O) groups excluding carboxylic acids is 1. The molecule has 2 unspecified atom stereocenters. The van der Waals surface area contributed by atoms with E-state index in [9.17, 15) is 4.79 Å². The predicted octanol–water partition coefficient (Wildman–Crippen LogP) is 4.67. The summed E-state index contributed by atoms with van der Waals surface area (Å²) in [6.07, 6.45) is 1.47. The third-order valence-electron chi connectivity index (χ3n) is 5.75. The minimum absolute atomic E-state index is 0.0276. The van der Waals surface area contributed by atoms with Crippen LogP contribution < -0.4 is 0 Å². The van der Waals surface area contributed by atoms with Gasteiger partial charge in [0.25, 0.3) is 0 Å². The lowest BCUT2D eigenvalue weighted by Gasteiger charge is -2.37. The number of hydrogen-bond donors (Lipinski definition) is 0. The fourth-order valence-corrected chi connectivity index (χ4v) is 4.96. The van der Waals surface area contributed by atoms with Crippen molar-refractivity contribution >= 4 is 17.7 Å². The second kappa shape index (κ2) is 10.3. The van der Waals surface area contributed by atoms with Crippen molar-refractivity contribution in [3.05, 3.63) is 90.2 Å². The number of nitrogens with zero attached hydrogens (tertiary/aromatic N) is 4. The Morgan fingerprint density at radius 3 is 2.50 bits per heavy atom. The van der Waals surface area contributed by atoms with Gasteiger partial charge < -0.3 is 14.1 Å². The summed E-state index contributed by atoms with van der Waals surface area (Å²) in [5.41, 5.74) is 2.21. The number of thioether (sulfide) groups is 1. The number of carbonyl (C=O) groups is 1. The summed E-state index contributed by atoms with van der Waals surface area (Å²) in [5.74, 6) is 1.64. The Morgan fingerprint density at radius 1 is 1.00 bits per heavy atom. The highest BCUT2D eigenvalue weighted by atomic mass is 32.2. The van der Waals surface area contributed by atoms with Crippen molar-refractivity contribution in [2.45, 2.75) is 30.8 Å². The Bertz CT molecular complexity index is 1210. The average molecular weight is 475 g/mol. The number of ether oxygens (including phenoxy) is 1. The van der Waals surface area contributed by atoms with Gasteiger partial charge in [0.2, 0.25) is 11.7 Å². The van der Waals surface area contributed by atoms with E-state index < -0.39 is 0 Å². The lowest BCUT2D eigenvalue weighted by atomic mass is 10.1. The number of amides is 1.